The molecule has 0 spiro atoms. The highest BCUT2D eigenvalue weighted by Gasteiger charge is 2.03. The number of unbranched alkanes of at least 4 members (excludes halogenated alkanes) is 3. The van der Waals surface area contributed by atoms with Crippen molar-refractivity contribution in [3.8, 4) is 0 Å². The zero-order valence-corrected chi connectivity index (χ0v) is 10.9. The van der Waals surface area contributed by atoms with E-state index in [0.717, 1.165) is 24.0 Å². The second-order valence-corrected chi connectivity index (χ2v) is 4.45. The summed E-state index contributed by atoms with van der Waals surface area (Å²) in [6, 6.07) is 10.1. The summed E-state index contributed by atoms with van der Waals surface area (Å²) in [6.07, 6.45) is 7.76. The van der Waals surface area contributed by atoms with Crippen molar-refractivity contribution in [2.75, 3.05) is 0 Å². The maximum atomic E-state index is 11.5. The summed E-state index contributed by atoms with van der Waals surface area (Å²) in [6.45, 7) is 3.86. The number of allylic oxidation sites excluding steroid dienone is 1. The van der Waals surface area contributed by atoms with Crippen molar-refractivity contribution in [3.63, 3.8) is 0 Å². The van der Waals surface area contributed by atoms with Crippen molar-refractivity contribution in [3.05, 3.63) is 41.5 Å². The minimum absolute atomic E-state index is 0.199. The van der Waals surface area contributed by atoms with E-state index >= 15 is 0 Å². The van der Waals surface area contributed by atoms with E-state index in [1.165, 1.54) is 19.3 Å². The highest BCUT2D eigenvalue weighted by molar-refractivity contribution is 5.97. The lowest BCUT2D eigenvalue weighted by atomic mass is 10.0. The Labute approximate surface area is 105 Å². The van der Waals surface area contributed by atoms with Crippen molar-refractivity contribution >= 4 is 11.9 Å². The van der Waals surface area contributed by atoms with Crippen molar-refractivity contribution in [2.24, 2.45) is 0 Å². The molecule has 0 atom stereocenters. The van der Waals surface area contributed by atoms with Gasteiger partial charge in [-0.3, -0.25) is 4.79 Å². The fraction of sp³-hybridized carbons (Fsp3) is 0.438. The molecule has 0 heterocycles. The van der Waals surface area contributed by atoms with Gasteiger partial charge in [0.1, 0.15) is 0 Å². The minimum atomic E-state index is 0.199. The van der Waals surface area contributed by atoms with Crippen LogP contribution in [-0.4, -0.2) is 5.78 Å². The number of ketones is 1. The first-order chi connectivity index (χ1) is 8.24. The van der Waals surface area contributed by atoms with Crippen LogP contribution in [0, 0.1) is 0 Å². The van der Waals surface area contributed by atoms with Gasteiger partial charge >= 0.3 is 0 Å². The lowest BCUT2D eigenvalue weighted by Gasteiger charge is -2.04. The fourth-order valence-corrected chi connectivity index (χ4v) is 1.84. The molecular weight excluding hydrogens is 208 g/mol. The van der Waals surface area contributed by atoms with Gasteiger partial charge in [0.25, 0.3) is 0 Å². The highest BCUT2D eigenvalue weighted by Crippen LogP contribution is 2.15. The molecule has 0 saturated heterocycles. The van der Waals surface area contributed by atoms with Gasteiger partial charge in [0.05, 0.1) is 0 Å². The number of rotatable bonds is 7. The monoisotopic (exact) mass is 230 g/mol. The van der Waals surface area contributed by atoms with Gasteiger partial charge in [-0.1, -0.05) is 56.5 Å². The summed E-state index contributed by atoms with van der Waals surface area (Å²) >= 11 is 0. The molecule has 1 rings (SSSR count). The molecule has 0 amide bonds. The number of benzene rings is 1. The van der Waals surface area contributed by atoms with E-state index in [0.29, 0.717) is 0 Å². The van der Waals surface area contributed by atoms with Crippen molar-refractivity contribution < 1.29 is 4.79 Å². The van der Waals surface area contributed by atoms with Crippen LogP contribution in [0.1, 0.15) is 51.5 Å². The van der Waals surface area contributed by atoms with Crippen LogP contribution in [0.2, 0.25) is 0 Å². The van der Waals surface area contributed by atoms with E-state index in [1.54, 1.807) is 6.92 Å². The molecule has 0 saturated carbocycles. The van der Waals surface area contributed by atoms with Gasteiger partial charge in [-0.25, -0.2) is 0 Å². The summed E-state index contributed by atoms with van der Waals surface area (Å²) < 4.78 is 0. The summed E-state index contributed by atoms with van der Waals surface area (Å²) in [5, 5.41) is 0. The molecule has 0 fully saturated rings. The van der Waals surface area contributed by atoms with Crippen LogP contribution in [0.25, 0.3) is 6.08 Å². The van der Waals surface area contributed by atoms with E-state index in [1.807, 2.05) is 36.4 Å². The highest BCUT2D eigenvalue weighted by atomic mass is 16.1. The Bertz CT molecular complexity index is 362. The van der Waals surface area contributed by atoms with Crippen LogP contribution < -0.4 is 0 Å². The lowest BCUT2D eigenvalue weighted by Crippen LogP contribution is -1.96. The Morgan fingerprint density at radius 3 is 2.41 bits per heavy atom. The number of carbonyl (C=O) groups excluding carboxylic acids is 1. The molecule has 1 aromatic rings. The average Bonchev–Trinajstić information content (AvgIpc) is 2.34. The standard InChI is InChI=1S/C16H22O/c1-3-4-5-9-12-16(14(2)17)13-15-10-7-6-8-11-15/h6-8,10-11,13H,3-5,9,12H2,1-2H3/b16-13-. The van der Waals surface area contributed by atoms with Gasteiger partial charge in [-0.15, -0.1) is 0 Å². The van der Waals surface area contributed by atoms with Gasteiger partial charge in [0.2, 0.25) is 0 Å². The zero-order valence-electron chi connectivity index (χ0n) is 10.9. The molecule has 0 aliphatic carbocycles. The Morgan fingerprint density at radius 1 is 1.12 bits per heavy atom. The second-order valence-electron chi connectivity index (χ2n) is 4.45. The van der Waals surface area contributed by atoms with E-state index in [2.05, 4.69) is 6.92 Å². The first-order valence-electron chi connectivity index (χ1n) is 6.50. The number of carbonyl (C=O) groups is 1. The molecule has 0 N–H and O–H groups in total. The third kappa shape index (κ3) is 5.48. The van der Waals surface area contributed by atoms with Crippen LogP contribution in [-0.2, 0) is 4.79 Å². The first-order valence-corrected chi connectivity index (χ1v) is 6.50. The largest absolute Gasteiger partial charge is 0.295 e. The van der Waals surface area contributed by atoms with Gasteiger partial charge in [-0.05, 0) is 37.0 Å². The summed E-state index contributed by atoms with van der Waals surface area (Å²) in [4.78, 5) is 11.5. The molecule has 1 heteroatoms. The van der Waals surface area contributed by atoms with Gasteiger partial charge in [-0.2, -0.15) is 0 Å². The molecule has 1 aromatic carbocycles. The van der Waals surface area contributed by atoms with Gasteiger partial charge < -0.3 is 0 Å². The van der Waals surface area contributed by atoms with Crippen molar-refractivity contribution in [2.45, 2.75) is 46.0 Å². The summed E-state index contributed by atoms with van der Waals surface area (Å²) in [5.41, 5.74) is 2.07. The Hall–Kier alpha value is -1.37. The Morgan fingerprint density at radius 2 is 1.82 bits per heavy atom. The molecule has 0 unspecified atom stereocenters. The van der Waals surface area contributed by atoms with Crippen molar-refractivity contribution in [1.29, 1.82) is 0 Å². The molecule has 0 aliphatic rings. The van der Waals surface area contributed by atoms with Crippen LogP contribution in [0.15, 0.2) is 35.9 Å². The SMILES string of the molecule is CCCCCC/C(=C/c1ccccc1)C(C)=O. The van der Waals surface area contributed by atoms with E-state index in [9.17, 15) is 4.79 Å². The quantitative estimate of drug-likeness (QED) is 0.493. The maximum absolute atomic E-state index is 11.5. The molecule has 0 aliphatic heterocycles. The predicted octanol–water partition coefficient (Wildman–Crippen LogP) is 4.63. The fourth-order valence-electron chi connectivity index (χ4n) is 1.84. The molecule has 0 radical (unpaired) electrons. The molecule has 92 valence electrons. The van der Waals surface area contributed by atoms with Gasteiger partial charge in [0, 0.05) is 0 Å². The number of hydrogen-bond donors (Lipinski definition) is 0. The maximum Gasteiger partial charge on any atom is 0.155 e. The van der Waals surface area contributed by atoms with Crippen LogP contribution in [0.4, 0.5) is 0 Å². The van der Waals surface area contributed by atoms with Crippen LogP contribution >= 0.6 is 0 Å². The lowest BCUT2D eigenvalue weighted by molar-refractivity contribution is -0.113. The molecular formula is C16H22O. The molecule has 0 aromatic heterocycles. The third-order valence-corrected chi connectivity index (χ3v) is 2.89. The molecule has 1 nitrogen and oxygen atoms in total. The second kappa shape index (κ2) is 7.83. The summed E-state index contributed by atoms with van der Waals surface area (Å²) in [7, 11) is 0. The first kappa shape index (κ1) is 13.7. The van der Waals surface area contributed by atoms with Crippen LogP contribution in [0.3, 0.4) is 0 Å². The molecule has 0 bridgehead atoms. The topological polar surface area (TPSA) is 17.1 Å². The predicted molar refractivity (Wildman–Crippen MR) is 73.9 cm³/mol. The number of Topliss-reactive ketones (excluding diaryl/α,β-unsaturated/α-hetero) is 1. The normalized spacial score (nSPS) is 11.5. The minimum Gasteiger partial charge on any atom is -0.295 e. The van der Waals surface area contributed by atoms with Crippen LogP contribution in [0.5, 0.6) is 0 Å². The van der Waals surface area contributed by atoms with E-state index < -0.39 is 0 Å². The average molecular weight is 230 g/mol. The van der Waals surface area contributed by atoms with E-state index in [4.69, 9.17) is 0 Å². The zero-order chi connectivity index (χ0) is 12.5. The van der Waals surface area contributed by atoms with Crippen molar-refractivity contribution in [1.82, 2.24) is 0 Å². The smallest absolute Gasteiger partial charge is 0.155 e. The molecule has 17 heavy (non-hydrogen) atoms. The van der Waals surface area contributed by atoms with E-state index in [-0.39, 0.29) is 5.78 Å². The summed E-state index contributed by atoms with van der Waals surface area (Å²) in [5.74, 6) is 0.199. The van der Waals surface area contributed by atoms with Gasteiger partial charge in [0.15, 0.2) is 5.78 Å². The Kier molecular flexibility index (Phi) is 6.31. The third-order valence-electron chi connectivity index (χ3n) is 2.89. The number of hydrogen-bond acceptors (Lipinski definition) is 1. The Balaban J connectivity index is 2.60.